The predicted molar refractivity (Wildman–Crippen MR) is 99.4 cm³/mol. The summed E-state index contributed by atoms with van der Waals surface area (Å²) in [6.07, 6.45) is 5.28. The van der Waals surface area contributed by atoms with Crippen LogP contribution in [0.1, 0.15) is 34.0 Å². The van der Waals surface area contributed by atoms with Crippen LogP contribution in [-0.4, -0.2) is 16.0 Å². The molecule has 1 heterocycles. The minimum Gasteiger partial charge on any atom is -0.507 e. The molecule has 0 amide bonds. The second kappa shape index (κ2) is 4.60. The molecular formula is C22H16O5. The molecule has 5 heteroatoms. The van der Waals surface area contributed by atoms with Crippen molar-refractivity contribution >= 4 is 27.5 Å². The maximum absolute atomic E-state index is 13.1. The van der Waals surface area contributed by atoms with Gasteiger partial charge in [0.15, 0.2) is 16.8 Å². The molecule has 0 aliphatic heterocycles. The molecule has 6 rings (SSSR count). The SMILES string of the molecule is Cc1cc(=O)c2c(O)cc3cc4c(c(O)c3c2o1)C(=O)[C@@H]1[C@H]4[C@@H]2C=C[C@H]1C2. The minimum atomic E-state index is -0.376. The highest BCUT2D eigenvalue weighted by Gasteiger charge is 2.54. The number of fused-ring (bicyclic) bond motifs is 10. The van der Waals surface area contributed by atoms with E-state index in [2.05, 4.69) is 12.2 Å². The Morgan fingerprint density at radius 1 is 1.00 bits per heavy atom. The number of allylic oxidation sites excluding steroid dienone is 2. The molecule has 134 valence electrons. The first-order valence-electron chi connectivity index (χ1n) is 9.14. The molecule has 5 nitrogen and oxygen atoms in total. The zero-order chi connectivity index (χ0) is 18.6. The van der Waals surface area contributed by atoms with Crippen LogP contribution in [0.3, 0.4) is 0 Å². The van der Waals surface area contributed by atoms with Crippen LogP contribution in [0.2, 0.25) is 0 Å². The van der Waals surface area contributed by atoms with Gasteiger partial charge in [-0.15, -0.1) is 0 Å². The van der Waals surface area contributed by atoms with Crippen molar-refractivity contribution in [2.24, 2.45) is 17.8 Å². The van der Waals surface area contributed by atoms with Gasteiger partial charge in [0.05, 0.1) is 10.9 Å². The molecule has 1 aromatic heterocycles. The van der Waals surface area contributed by atoms with E-state index in [9.17, 15) is 19.8 Å². The van der Waals surface area contributed by atoms with E-state index in [1.165, 1.54) is 12.1 Å². The molecule has 0 unspecified atom stereocenters. The van der Waals surface area contributed by atoms with E-state index in [0.29, 0.717) is 28.0 Å². The van der Waals surface area contributed by atoms with E-state index in [1.54, 1.807) is 6.92 Å². The number of benzene rings is 2. The molecule has 3 aliphatic rings. The Hall–Kier alpha value is -3.08. The summed E-state index contributed by atoms with van der Waals surface area (Å²) in [5, 5.41) is 22.4. The third kappa shape index (κ3) is 1.65. The lowest BCUT2D eigenvalue weighted by molar-refractivity contribution is 0.0909. The Bertz CT molecular complexity index is 1300. The highest BCUT2D eigenvalue weighted by molar-refractivity contribution is 6.17. The lowest BCUT2D eigenvalue weighted by Gasteiger charge is -2.19. The van der Waals surface area contributed by atoms with E-state index in [-0.39, 0.29) is 51.4 Å². The van der Waals surface area contributed by atoms with E-state index >= 15 is 0 Å². The van der Waals surface area contributed by atoms with Gasteiger partial charge in [-0.3, -0.25) is 9.59 Å². The van der Waals surface area contributed by atoms with Gasteiger partial charge in [0, 0.05) is 17.9 Å². The van der Waals surface area contributed by atoms with Gasteiger partial charge in [0.1, 0.15) is 22.6 Å². The molecule has 0 radical (unpaired) electrons. The third-order valence-electron chi connectivity index (χ3n) is 6.58. The Kier molecular flexibility index (Phi) is 2.56. The number of carbonyl (C=O) groups excluding carboxylic acids is 1. The summed E-state index contributed by atoms with van der Waals surface area (Å²) >= 11 is 0. The minimum absolute atomic E-state index is 0.0238. The Morgan fingerprint density at radius 2 is 1.74 bits per heavy atom. The van der Waals surface area contributed by atoms with Gasteiger partial charge in [-0.05, 0) is 48.3 Å². The first-order chi connectivity index (χ1) is 13.0. The standard InChI is InChI=1S/C22H16O5/c1-8-4-13(23)19-14(24)7-11-6-12-15-9-2-3-10(5-9)16(15)20(25)18(12)21(26)17(11)22(19)27-8/h2-4,6-7,9-10,15-16,24,26H,5H2,1H3/t9-,10+,15+,16+/m1/s1. The van der Waals surface area contributed by atoms with Crippen LogP contribution in [0.4, 0.5) is 0 Å². The van der Waals surface area contributed by atoms with Gasteiger partial charge in [0.25, 0.3) is 0 Å². The summed E-state index contributed by atoms with van der Waals surface area (Å²) in [5.41, 5.74) is 0.951. The smallest absolute Gasteiger partial charge is 0.196 e. The largest absolute Gasteiger partial charge is 0.507 e. The van der Waals surface area contributed by atoms with Crippen LogP contribution >= 0.6 is 0 Å². The zero-order valence-electron chi connectivity index (χ0n) is 14.5. The number of Topliss-reactive ketones (excluding diaryl/α,β-unsaturated/α-hetero) is 1. The van der Waals surface area contributed by atoms with Crippen LogP contribution in [-0.2, 0) is 0 Å². The third-order valence-corrected chi connectivity index (χ3v) is 6.58. The fourth-order valence-corrected chi connectivity index (χ4v) is 5.60. The van der Waals surface area contributed by atoms with Crippen LogP contribution in [0, 0.1) is 24.7 Å². The second-order valence-electron chi connectivity index (χ2n) is 7.97. The number of aryl methyl sites for hydroxylation is 1. The van der Waals surface area contributed by atoms with Crippen molar-refractivity contribution < 1.29 is 19.4 Å². The number of hydrogen-bond donors (Lipinski definition) is 2. The monoisotopic (exact) mass is 360 g/mol. The molecule has 4 atom stereocenters. The first-order valence-corrected chi connectivity index (χ1v) is 9.14. The van der Waals surface area contributed by atoms with Gasteiger partial charge >= 0.3 is 0 Å². The van der Waals surface area contributed by atoms with Crippen molar-refractivity contribution in [1.29, 1.82) is 0 Å². The van der Waals surface area contributed by atoms with Gasteiger partial charge in [-0.2, -0.15) is 0 Å². The summed E-state index contributed by atoms with van der Waals surface area (Å²) in [7, 11) is 0. The number of hydrogen-bond acceptors (Lipinski definition) is 5. The van der Waals surface area contributed by atoms with Gasteiger partial charge < -0.3 is 14.6 Å². The van der Waals surface area contributed by atoms with Gasteiger partial charge in [0.2, 0.25) is 0 Å². The van der Waals surface area contributed by atoms with Crippen LogP contribution < -0.4 is 5.43 Å². The highest BCUT2D eigenvalue weighted by Crippen LogP contribution is 2.60. The zero-order valence-corrected chi connectivity index (χ0v) is 14.5. The number of aromatic hydroxyl groups is 2. The molecule has 3 aromatic rings. The molecule has 0 saturated heterocycles. The number of carbonyl (C=O) groups is 1. The molecule has 1 saturated carbocycles. The molecular weight excluding hydrogens is 344 g/mol. The Labute approximate surface area is 153 Å². The van der Waals surface area contributed by atoms with Gasteiger partial charge in [-0.25, -0.2) is 0 Å². The van der Waals surface area contributed by atoms with Crippen LogP contribution in [0.5, 0.6) is 11.5 Å². The lowest BCUT2D eigenvalue weighted by atomic mass is 9.83. The Balaban J connectivity index is 1.77. The molecule has 1 fully saturated rings. The quantitative estimate of drug-likeness (QED) is 0.471. The second-order valence-corrected chi connectivity index (χ2v) is 7.97. The van der Waals surface area contributed by atoms with Crippen molar-refractivity contribution in [2.75, 3.05) is 0 Å². The molecule has 0 spiro atoms. The van der Waals surface area contributed by atoms with E-state index < -0.39 is 0 Å². The van der Waals surface area contributed by atoms with Gasteiger partial charge in [-0.1, -0.05) is 12.2 Å². The van der Waals surface area contributed by atoms with E-state index in [1.807, 2.05) is 6.07 Å². The molecule has 27 heavy (non-hydrogen) atoms. The van der Waals surface area contributed by atoms with Crippen molar-refractivity contribution in [1.82, 2.24) is 0 Å². The van der Waals surface area contributed by atoms with Crippen LogP contribution in [0.15, 0.2) is 39.6 Å². The number of phenolic OH excluding ortho intramolecular Hbond substituents is 2. The van der Waals surface area contributed by atoms with Crippen molar-refractivity contribution in [3.63, 3.8) is 0 Å². The molecule has 3 aliphatic carbocycles. The molecule has 2 N–H and O–H groups in total. The topological polar surface area (TPSA) is 87.7 Å². The summed E-state index contributed by atoms with van der Waals surface area (Å²) in [5.74, 6) is 0.544. The average molecular weight is 360 g/mol. The van der Waals surface area contributed by atoms with Crippen molar-refractivity contribution in [2.45, 2.75) is 19.3 Å². The van der Waals surface area contributed by atoms with Crippen LogP contribution in [0.25, 0.3) is 21.7 Å². The highest BCUT2D eigenvalue weighted by atomic mass is 16.3. The summed E-state index contributed by atoms with van der Waals surface area (Å²) in [4.78, 5) is 25.5. The number of ketones is 1. The Morgan fingerprint density at radius 3 is 2.52 bits per heavy atom. The fraction of sp³-hybridized carbons (Fsp3) is 0.273. The number of rotatable bonds is 0. The maximum atomic E-state index is 13.1. The summed E-state index contributed by atoms with van der Waals surface area (Å²) in [6.45, 7) is 1.64. The normalized spacial score (nSPS) is 27.7. The summed E-state index contributed by atoms with van der Waals surface area (Å²) in [6, 6.07) is 4.66. The lowest BCUT2D eigenvalue weighted by Crippen LogP contribution is -2.18. The molecule has 2 bridgehead atoms. The fourth-order valence-electron chi connectivity index (χ4n) is 5.60. The van der Waals surface area contributed by atoms with E-state index in [4.69, 9.17) is 4.42 Å². The van der Waals surface area contributed by atoms with Crippen molar-refractivity contribution in [3.05, 3.63) is 57.5 Å². The van der Waals surface area contributed by atoms with E-state index in [0.717, 1.165) is 12.0 Å². The average Bonchev–Trinajstić information content (AvgIpc) is 3.27. The summed E-state index contributed by atoms with van der Waals surface area (Å²) < 4.78 is 5.72. The molecule has 2 aromatic carbocycles. The maximum Gasteiger partial charge on any atom is 0.196 e. The van der Waals surface area contributed by atoms with Crippen molar-refractivity contribution in [3.8, 4) is 11.5 Å². The predicted octanol–water partition coefficient (Wildman–Crippen LogP) is 3.77. The first kappa shape index (κ1) is 15.0. The number of phenols is 2.